The molecule has 1 aromatic carbocycles. The third-order valence-electron chi connectivity index (χ3n) is 4.96. The smallest absolute Gasteiger partial charge is 0.325 e. The Morgan fingerprint density at radius 2 is 1.77 bits per heavy atom. The van der Waals surface area contributed by atoms with Gasteiger partial charge < -0.3 is 24.7 Å². The van der Waals surface area contributed by atoms with Gasteiger partial charge in [-0.2, -0.15) is 0 Å². The van der Waals surface area contributed by atoms with Gasteiger partial charge in [0.05, 0.1) is 18.9 Å². The van der Waals surface area contributed by atoms with Gasteiger partial charge in [-0.1, -0.05) is 0 Å². The van der Waals surface area contributed by atoms with Gasteiger partial charge in [-0.15, -0.1) is 0 Å². The van der Waals surface area contributed by atoms with Gasteiger partial charge in [0.25, 0.3) is 11.8 Å². The summed E-state index contributed by atoms with van der Waals surface area (Å²) >= 11 is 0. The number of esters is 1. The minimum absolute atomic E-state index is 0.0938. The van der Waals surface area contributed by atoms with Crippen LogP contribution in [0.25, 0.3) is 0 Å². The Labute approximate surface area is 173 Å². The Hall–Kier alpha value is -3.62. The fraction of sp³-hybridized carbons (Fsp3) is 0.333. The summed E-state index contributed by atoms with van der Waals surface area (Å²) in [5.74, 6) is -1.35. The fourth-order valence-corrected chi connectivity index (χ4v) is 3.19. The zero-order valence-corrected chi connectivity index (χ0v) is 16.6. The number of hydrogen-bond acceptors (Lipinski definition) is 6. The van der Waals surface area contributed by atoms with Gasteiger partial charge in [0.1, 0.15) is 12.8 Å². The summed E-state index contributed by atoms with van der Waals surface area (Å²) in [5, 5.41) is 5.29. The third kappa shape index (κ3) is 5.25. The van der Waals surface area contributed by atoms with Crippen LogP contribution in [0.4, 0.5) is 5.69 Å². The Bertz CT molecular complexity index is 899. The lowest BCUT2D eigenvalue weighted by atomic mass is 9.95. The molecule has 9 heteroatoms. The molecule has 1 saturated heterocycles. The minimum Gasteiger partial charge on any atom is -0.472 e. The standard InChI is InChI=1S/C21H23N3O6/c1-29-18(25)12-22-19(26)14-2-4-17(5-3-14)23-20(27)15-6-9-24(10-7-15)21(28)16-8-11-30-13-16/h2-5,8,11,13,15H,6-7,9-10,12H2,1H3,(H,22,26)(H,23,27). The van der Waals surface area contributed by atoms with E-state index in [1.165, 1.54) is 19.6 Å². The second kappa shape index (κ2) is 9.73. The van der Waals surface area contributed by atoms with Gasteiger partial charge in [-0.05, 0) is 43.2 Å². The van der Waals surface area contributed by atoms with E-state index in [2.05, 4.69) is 15.4 Å². The Morgan fingerprint density at radius 1 is 1.07 bits per heavy atom. The van der Waals surface area contributed by atoms with E-state index in [0.717, 1.165) is 0 Å². The molecule has 0 bridgehead atoms. The maximum Gasteiger partial charge on any atom is 0.325 e. The molecule has 3 amide bonds. The van der Waals surface area contributed by atoms with Gasteiger partial charge in [0.15, 0.2) is 0 Å². The molecule has 0 spiro atoms. The van der Waals surface area contributed by atoms with E-state index in [9.17, 15) is 19.2 Å². The predicted octanol–water partition coefficient (Wildman–Crippen LogP) is 1.67. The first kappa shape index (κ1) is 21.1. The topological polar surface area (TPSA) is 118 Å². The van der Waals surface area contributed by atoms with Crippen molar-refractivity contribution in [2.24, 2.45) is 5.92 Å². The minimum atomic E-state index is -0.537. The van der Waals surface area contributed by atoms with Crippen LogP contribution in [-0.2, 0) is 14.3 Å². The van der Waals surface area contributed by atoms with Crippen LogP contribution in [0.2, 0.25) is 0 Å². The Kier molecular flexibility index (Phi) is 6.84. The summed E-state index contributed by atoms with van der Waals surface area (Å²) in [4.78, 5) is 49.6. The van der Waals surface area contributed by atoms with Crippen molar-refractivity contribution in [3.8, 4) is 0 Å². The maximum absolute atomic E-state index is 12.5. The molecule has 2 N–H and O–H groups in total. The molecule has 0 atom stereocenters. The maximum atomic E-state index is 12.5. The summed E-state index contributed by atoms with van der Waals surface area (Å²) in [5.41, 5.74) is 1.44. The highest BCUT2D eigenvalue weighted by molar-refractivity contribution is 5.97. The molecule has 30 heavy (non-hydrogen) atoms. The summed E-state index contributed by atoms with van der Waals surface area (Å²) < 4.78 is 9.42. The second-order valence-electron chi connectivity index (χ2n) is 6.90. The number of likely N-dealkylation sites (tertiary alicyclic amines) is 1. The van der Waals surface area contributed by atoms with Crippen LogP contribution in [0.3, 0.4) is 0 Å². The average Bonchev–Trinajstić information content (AvgIpc) is 3.32. The van der Waals surface area contributed by atoms with Crippen LogP contribution in [-0.4, -0.2) is 55.3 Å². The van der Waals surface area contributed by atoms with Crippen molar-refractivity contribution < 1.29 is 28.3 Å². The molecule has 0 aliphatic carbocycles. The molecule has 0 saturated carbocycles. The van der Waals surface area contributed by atoms with Crippen molar-refractivity contribution in [3.63, 3.8) is 0 Å². The predicted molar refractivity (Wildman–Crippen MR) is 107 cm³/mol. The SMILES string of the molecule is COC(=O)CNC(=O)c1ccc(NC(=O)C2CCN(C(=O)c3ccoc3)CC2)cc1. The molecule has 9 nitrogen and oxygen atoms in total. The number of ether oxygens (including phenoxy) is 1. The number of hydrogen-bond donors (Lipinski definition) is 2. The van der Waals surface area contributed by atoms with E-state index in [-0.39, 0.29) is 24.3 Å². The molecule has 2 aromatic rings. The number of methoxy groups -OCH3 is 1. The monoisotopic (exact) mass is 413 g/mol. The lowest BCUT2D eigenvalue weighted by Gasteiger charge is -2.31. The van der Waals surface area contributed by atoms with Crippen molar-refractivity contribution in [3.05, 3.63) is 54.0 Å². The van der Waals surface area contributed by atoms with Crippen LogP contribution >= 0.6 is 0 Å². The van der Waals surface area contributed by atoms with Gasteiger partial charge in [-0.3, -0.25) is 19.2 Å². The number of benzene rings is 1. The number of anilines is 1. The van der Waals surface area contributed by atoms with Crippen molar-refractivity contribution in [1.29, 1.82) is 0 Å². The number of amides is 3. The third-order valence-corrected chi connectivity index (χ3v) is 4.96. The van der Waals surface area contributed by atoms with Gasteiger partial charge in [-0.25, -0.2) is 0 Å². The molecular weight excluding hydrogens is 390 g/mol. The quantitative estimate of drug-likeness (QED) is 0.696. The van der Waals surface area contributed by atoms with Crippen LogP contribution in [0.1, 0.15) is 33.6 Å². The first-order valence-electron chi connectivity index (χ1n) is 9.55. The highest BCUT2D eigenvalue weighted by atomic mass is 16.5. The average molecular weight is 413 g/mol. The number of piperidine rings is 1. The molecule has 0 unspecified atom stereocenters. The number of carbonyl (C=O) groups excluding carboxylic acids is 4. The molecule has 3 rings (SSSR count). The Morgan fingerprint density at radius 3 is 2.37 bits per heavy atom. The number of furan rings is 1. The lowest BCUT2D eigenvalue weighted by Crippen LogP contribution is -2.41. The van der Waals surface area contributed by atoms with Crippen molar-refractivity contribution in [2.75, 3.05) is 32.1 Å². The lowest BCUT2D eigenvalue weighted by molar-refractivity contribution is -0.139. The van der Waals surface area contributed by atoms with Crippen molar-refractivity contribution in [2.45, 2.75) is 12.8 Å². The Balaban J connectivity index is 1.47. The molecule has 2 heterocycles. The van der Waals surface area contributed by atoms with E-state index < -0.39 is 11.9 Å². The zero-order valence-electron chi connectivity index (χ0n) is 16.6. The fourth-order valence-electron chi connectivity index (χ4n) is 3.19. The summed E-state index contributed by atoms with van der Waals surface area (Å²) in [6.07, 6.45) is 4.02. The van der Waals surface area contributed by atoms with E-state index in [1.807, 2.05) is 0 Å². The molecule has 1 aromatic heterocycles. The molecule has 1 aliphatic rings. The normalized spacial score (nSPS) is 14.1. The van der Waals surface area contributed by atoms with Crippen LogP contribution in [0.15, 0.2) is 47.3 Å². The summed E-state index contributed by atoms with van der Waals surface area (Å²) in [7, 11) is 1.24. The van der Waals surface area contributed by atoms with E-state index in [1.54, 1.807) is 35.2 Å². The highest BCUT2D eigenvalue weighted by Gasteiger charge is 2.28. The van der Waals surface area contributed by atoms with Gasteiger partial charge in [0, 0.05) is 30.3 Å². The first-order chi connectivity index (χ1) is 14.5. The van der Waals surface area contributed by atoms with Gasteiger partial charge >= 0.3 is 5.97 Å². The zero-order chi connectivity index (χ0) is 21.5. The van der Waals surface area contributed by atoms with Crippen LogP contribution in [0.5, 0.6) is 0 Å². The number of rotatable bonds is 6. The molecule has 0 radical (unpaired) electrons. The van der Waals surface area contributed by atoms with E-state index in [0.29, 0.717) is 42.7 Å². The van der Waals surface area contributed by atoms with Crippen LogP contribution < -0.4 is 10.6 Å². The molecule has 1 fully saturated rings. The van der Waals surface area contributed by atoms with Crippen molar-refractivity contribution in [1.82, 2.24) is 10.2 Å². The highest BCUT2D eigenvalue weighted by Crippen LogP contribution is 2.21. The van der Waals surface area contributed by atoms with E-state index in [4.69, 9.17) is 4.42 Å². The largest absolute Gasteiger partial charge is 0.472 e. The van der Waals surface area contributed by atoms with Crippen LogP contribution in [0, 0.1) is 5.92 Å². The molecule has 1 aliphatic heterocycles. The molecule has 158 valence electrons. The van der Waals surface area contributed by atoms with Crippen molar-refractivity contribution >= 4 is 29.4 Å². The van der Waals surface area contributed by atoms with E-state index >= 15 is 0 Å². The number of nitrogens with zero attached hydrogens (tertiary/aromatic N) is 1. The summed E-state index contributed by atoms with van der Waals surface area (Å²) in [6.45, 7) is 0.790. The molecular formula is C21H23N3O6. The second-order valence-corrected chi connectivity index (χ2v) is 6.90. The first-order valence-corrected chi connectivity index (χ1v) is 9.55. The number of carbonyl (C=O) groups is 4. The van der Waals surface area contributed by atoms with Gasteiger partial charge in [0.2, 0.25) is 5.91 Å². The number of nitrogens with one attached hydrogen (secondary N) is 2. The summed E-state index contributed by atoms with van der Waals surface area (Å²) in [6, 6.07) is 8.01.